The van der Waals surface area contributed by atoms with Crippen molar-refractivity contribution in [2.24, 2.45) is 7.05 Å². The largest absolute Gasteiger partial charge is 0.489 e. The summed E-state index contributed by atoms with van der Waals surface area (Å²) >= 11 is 6.55. The van der Waals surface area contributed by atoms with Gasteiger partial charge in [-0.25, -0.2) is 4.98 Å². The van der Waals surface area contributed by atoms with Crippen molar-refractivity contribution >= 4 is 22.6 Å². The average Bonchev–Trinajstić information content (AvgIpc) is 3.36. The summed E-state index contributed by atoms with van der Waals surface area (Å²) in [6.07, 6.45) is 9.59. The van der Waals surface area contributed by atoms with E-state index in [4.69, 9.17) is 21.1 Å². The molecule has 4 heterocycles. The number of rotatable bonds is 4. The number of aromatic nitrogens is 4. The fourth-order valence-corrected chi connectivity index (χ4v) is 3.93. The molecular formula is C22H21ClN4O2. The van der Waals surface area contributed by atoms with Crippen molar-refractivity contribution in [3.63, 3.8) is 0 Å². The van der Waals surface area contributed by atoms with Crippen LogP contribution in [0.2, 0.25) is 5.02 Å². The molecule has 0 atom stereocenters. The highest BCUT2D eigenvalue weighted by molar-refractivity contribution is 6.32. The minimum atomic E-state index is 0.159. The van der Waals surface area contributed by atoms with E-state index < -0.39 is 0 Å². The van der Waals surface area contributed by atoms with Crippen molar-refractivity contribution in [1.82, 2.24) is 19.7 Å². The Kier molecular flexibility index (Phi) is 4.73. The number of aromatic amines is 1. The van der Waals surface area contributed by atoms with E-state index in [1.807, 2.05) is 50.0 Å². The summed E-state index contributed by atoms with van der Waals surface area (Å²) in [5, 5.41) is 5.91. The van der Waals surface area contributed by atoms with Gasteiger partial charge in [-0.2, -0.15) is 5.10 Å². The molecular weight excluding hydrogens is 388 g/mol. The van der Waals surface area contributed by atoms with Gasteiger partial charge in [-0.05, 0) is 23.8 Å². The van der Waals surface area contributed by atoms with Crippen LogP contribution in [0.25, 0.3) is 33.3 Å². The topological polar surface area (TPSA) is 65.0 Å². The van der Waals surface area contributed by atoms with Gasteiger partial charge in [0.2, 0.25) is 0 Å². The molecule has 4 aromatic rings. The molecule has 1 aliphatic heterocycles. The summed E-state index contributed by atoms with van der Waals surface area (Å²) in [6, 6.07) is 8.07. The van der Waals surface area contributed by atoms with Crippen LogP contribution in [0.1, 0.15) is 12.8 Å². The third-order valence-electron chi connectivity index (χ3n) is 5.27. The second-order valence-corrected chi connectivity index (χ2v) is 7.71. The summed E-state index contributed by atoms with van der Waals surface area (Å²) in [7, 11) is 1.91. The number of benzene rings is 1. The molecule has 6 nitrogen and oxygen atoms in total. The fourth-order valence-electron chi connectivity index (χ4n) is 3.71. The first-order chi connectivity index (χ1) is 14.2. The third kappa shape index (κ3) is 3.61. The lowest BCUT2D eigenvalue weighted by atomic mass is 10.0. The van der Waals surface area contributed by atoms with Crippen LogP contribution in [0.15, 0.2) is 49.1 Å². The number of nitrogens with one attached hydrogen (secondary N) is 1. The molecule has 0 unspecified atom stereocenters. The van der Waals surface area contributed by atoms with Crippen LogP contribution in [0.3, 0.4) is 0 Å². The molecule has 0 bridgehead atoms. The molecule has 29 heavy (non-hydrogen) atoms. The molecule has 0 spiro atoms. The molecule has 1 N–H and O–H groups in total. The van der Waals surface area contributed by atoms with Gasteiger partial charge in [-0.15, -0.1) is 0 Å². The van der Waals surface area contributed by atoms with Gasteiger partial charge in [0.25, 0.3) is 0 Å². The number of hydrogen-bond donors (Lipinski definition) is 1. The molecule has 1 aromatic carbocycles. The predicted octanol–water partition coefficient (Wildman–Crippen LogP) is 4.84. The van der Waals surface area contributed by atoms with Gasteiger partial charge < -0.3 is 14.5 Å². The Morgan fingerprint density at radius 2 is 2.00 bits per heavy atom. The zero-order valence-electron chi connectivity index (χ0n) is 16.1. The number of ether oxygens (including phenoxy) is 2. The number of pyridine rings is 1. The van der Waals surface area contributed by atoms with Crippen LogP contribution >= 0.6 is 11.6 Å². The molecule has 1 aliphatic rings. The Balaban J connectivity index is 1.47. The van der Waals surface area contributed by atoms with Crippen molar-refractivity contribution in [1.29, 1.82) is 0 Å². The highest BCUT2D eigenvalue weighted by Gasteiger charge is 2.17. The zero-order valence-corrected chi connectivity index (χ0v) is 16.8. The van der Waals surface area contributed by atoms with Crippen molar-refractivity contribution in [3.05, 3.63) is 54.1 Å². The lowest BCUT2D eigenvalue weighted by Crippen LogP contribution is -2.25. The molecule has 0 amide bonds. The lowest BCUT2D eigenvalue weighted by Gasteiger charge is -2.23. The van der Waals surface area contributed by atoms with Crippen LogP contribution in [-0.4, -0.2) is 39.1 Å². The van der Waals surface area contributed by atoms with Crippen LogP contribution in [0, 0.1) is 0 Å². The summed E-state index contributed by atoms with van der Waals surface area (Å²) < 4.78 is 13.3. The lowest BCUT2D eigenvalue weighted by molar-refractivity contribution is 0.0256. The first-order valence-electron chi connectivity index (χ1n) is 9.68. The fraction of sp³-hybridized carbons (Fsp3) is 0.273. The monoisotopic (exact) mass is 408 g/mol. The first kappa shape index (κ1) is 18.2. The zero-order chi connectivity index (χ0) is 19.8. The number of fused-ring (bicyclic) bond motifs is 1. The Morgan fingerprint density at radius 1 is 1.14 bits per heavy atom. The maximum Gasteiger partial charge on any atom is 0.138 e. The van der Waals surface area contributed by atoms with E-state index in [1.54, 1.807) is 4.68 Å². The van der Waals surface area contributed by atoms with Crippen LogP contribution in [0.5, 0.6) is 5.75 Å². The molecule has 5 rings (SSSR count). The molecule has 3 aromatic heterocycles. The van der Waals surface area contributed by atoms with E-state index >= 15 is 0 Å². The first-order valence-corrected chi connectivity index (χ1v) is 10.1. The molecule has 1 fully saturated rings. The number of nitrogens with zero attached hydrogens (tertiary/aromatic N) is 3. The van der Waals surface area contributed by atoms with E-state index in [9.17, 15) is 0 Å². The number of hydrogen-bond acceptors (Lipinski definition) is 4. The predicted molar refractivity (Wildman–Crippen MR) is 113 cm³/mol. The number of H-pyrrole nitrogens is 1. The van der Waals surface area contributed by atoms with Gasteiger partial charge in [0, 0.05) is 60.6 Å². The maximum atomic E-state index is 6.55. The highest BCUT2D eigenvalue weighted by atomic mass is 35.5. The van der Waals surface area contributed by atoms with Crippen molar-refractivity contribution in [2.45, 2.75) is 18.9 Å². The van der Waals surface area contributed by atoms with Crippen molar-refractivity contribution in [3.8, 4) is 28.0 Å². The minimum absolute atomic E-state index is 0.159. The molecule has 0 aliphatic carbocycles. The summed E-state index contributed by atoms with van der Waals surface area (Å²) in [5.41, 5.74) is 4.97. The van der Waals surface area contributed by atoms with Crippen molar-refractivity contribution < 1.29 is 9.47 Å². The number of halogens is 1. The standard InChI is InChI=1S/C22H21ClN4O2/c1-27-13-16(11-26-27)15-8-18-19(12-25-22(18)24-10-15)14-2-3-21(20(23)9-14)29-17-4-6-28-7-5-17/h2-3,8-13,17H,4-7H2,1H3,(H,24,25). The van der Waals surface area contributed by atoms with Gasteiger partial charge in [0.15, 0.2) is 0 Å². The Bertz CT molecular complexity index is 1160. The minimum Gasteiger partial charge on any atom is -0.489 e. The van der Waals surface area contributed by atoms with Gasteiger partial charge >= 0.3 is 0 Å². The van der Waals surface area contributed by atoms with Gasteiger partial charge in [-0.1, -0.05) is 17.7 Å². The quantitative estimate of drug-likeness (QED) is 0.524. The Morgan fingerprint density at radius 3 is 2.76 bits per heavy atom. The summed E-state index contributed by atoms with van der Waals surface area (Å²) in [5.74, 6) is 0.719. The molecule has 0 radical (unpaired) electrons. The van der Waals surface area contributed by atoms with Crippen molar-refractivity contribution in [2.75, 3.05) is 13.2 Å². The van der Waals surface area contributed by atoms with Gasteiger partial charge in [0.05, 0.1) is 24.4 Å². The molecule has 0 saturated carbocycles. The van der Waals surface area contributed by atoms with Gasteiger partial charge in [0.1, 0.15) is 17.5 Å². The second kappa shape index (κ2) is 7.54. The van der Waals surface area contributed by atoms with Crippen LogP contribution in [0.4, 0.5) is 0 Å². The highest BCUT2D eigenvalue weighted by Crippen LogP contribution is 2.35. The SMILES string of the molecule is Cn1cc(-c2cnc3[nH]cc(-c4ccc(OC5CCOCC5)c(Cl)c4)c3c2)cn1. The number of aryl methyl sites for hydroxylation is 1. The maximum absolute atomic E-state index is 6.55. The van der Waals surface area contributed by atoms with E-state index in [-0.39, 0.29) is 6.10 Å². The average molecular weight is 409 g/mol. The molecule has 1 saturated heterocycles. The van der Waals surface area contributed by atoms with E-state index in [0.717, 1.165) is 65.1 Å². The summed E-state index contributed by atoms with van der Waals surface area (Å²) in [4.78, 5) is 7.82. The van der Waals surface area contributed by atoms with Gasteiger partial charge in [-0.3, -0.25) is 4.68 Å². The van der Waals surface area contributed by atoms with E-state index in [0.29, 0.717) is 5.02 Å². The normalized spacial score (nSPS) is 15.1. The molecule has 7 heteroatoms. The Labute approximate surface area is 173 Å². The Hall–Kier alpha value is -2.83. The van der Waals surface area contributed by atoms with Crippen LogP contribution < -0.4 is 4.74 Å². The van der Waals surface area contributed by atoms with Crippen LogP contribution in [-0.2, 0) is 11.8 Å². The molecule has 148 valence electrons. The smallest absolute Gasteiger partial charge is 0.138 e. The summed E-state index contributed by atoms with van der Waals surface area (Å²) in [6.45, 7) is 1.48. The second-order valence-electron chi connectivity index (χ2n) is 7.30. The van der Waals surface area contributed by atoms with E-state index in [2.05, 4.69) is 21.1 Å². The third-order valence-corrected chi connectivity index (χ3v) is 5.57. The van der Waals surface area contributed by atoms with E-state index in [1.165, 1.54) is 0 Å².